The van der Waals surface area contributed by atoms with Crippen molar-refractivity contribution in [3.63, 3.8) is 0 Å². The highest BCUT2D eigenvalue weighted by molar-refractivity contribution is 6.11. The molecule has 9 nitrogen and oxygen atoms in total. The summed E-state index contributed by atoms with van der Waals surface area (Å²) in [6.45, 7) is 10.4. The number of likely N-dealkylation sites (N-methyl/N-ethyl adjacent to an activating group) is 1. The van der Waals surface area contributed by atoms with Gasteiger partial charge in [-0.05, 0) is 61.2 Å². The Kier molecular flexibility index (Phi) is 9.05. The molecular weight excluding hydrogens is 568 g/mol. The molecule has 1 aliphatic heterocycles. The number of piperazine rings is 1. The Morgan fingerprint density at radius 2 is 1.64 bits per heavy atom. The molecule has 0 radical (unpaired) electrons. The summed E-state index contributed by atoms with van der Waals surface area (Å²) in [6.07, 6.45) is 1.21. The normalized spacial score (nSPS) is 13.4. The third-order valence-electron chi connectivity index (χ3n) is 7.65. The Morgan fingerprint density at radius 3 is 2.27 bits per heavy atom. The van der Waals surface area contributed by atoms with Crippen LogP contribution in [0, 0.1) is 11.6 Å². The zero-order chi connectivity index (χ0) is 31.4. The molecule has 0 aliphatic carbocycles. The maximum absolute atomic E-state index is 15.0. The Balaban J connectivity index is 1.41. The largest absolute Gasteiger partial charge is 0.494 e. The second-order valence-electron chi connectivity index (χ2n) is 10.2. The molecule has 5 rings (SSSR count). The highest BCUT2D eigenvalue weighted by Crippen LogP contribution is 2.34. The molecule has 1 saturated heterocycles. The van der Waals surface area contributed by atoms with E-state index in [-0.39, 0.29) is 23.0 Å². The van der Waals surface area contributed by atoms with E-state index >= 15 is 0 Å². The van der Waals surface area contributed by atoms with Gasteiger partial charge in [0.05, 0.1) is 31.1 Å². The number of rotatable bonds is 10. The van der Waals surface area contributed by atoms with Crippen LogP contribution < -0.4 is 25.0 Å². The van der Waals surface area contributed by atoms with Gasteiger partial charge in [-0.15, -0.1) is 0 Å². The summed E-state index contributed by atoms with van der Waals surface area (Å²) >= 11 is 0. The minimum atomic E-state index is -1.11. The first-order chi connectivity index (χ1) is 21.3. The number of ketones is 1. The smallest absolute Gasteiger partial charge is 0.247 e. The number of carbonyl (C=O) groups is 2. The Labute approximate surface area is 254 Å². The molecule has 0 unspecified atom stereocenters. The number of anilines is 4. The molecule has 228 valence electrons. The van der Waals surface area contributed by atoms with E-state index in [4.69, 9.17) is 9.47 Å². The second kappa shape index (κ2) is 13.1. The quantitative estimate of drug-likeness (QED) is 0.175. The summed E-state index contributed by atoms with van der Waals surface area (Å²) in [7, 11) is 2.44. The van der Waals surface area contributed by atoms with Crippen molar-refractivity contribution in [2.45, 2.75) is 6.92 Å². The van der Waals surface area contributed by atoms with Crippen molar-refractivity contribution >= 4 is 45.5 Å². The third kappa shape index (κ3) is 6.18. The van der Waals surface area contributed by atoms with E-state index in [0.29, 0.717) is 28.1 Å². The maximum Gasteiger partial charge on any atom is 0.247 e. The molecule has 4 aromatic rings. The van der Waals surface area contributed by atoms with Crippen LogP contribution in [0.15, 0.2) is 67.3 Å². The molecule has 0 saturated carbocycles. The predicted octanol–water partition coefficient (Wildman–Crippen LogP) is 5.77. The van der Waals surface area contributed by atoms with Gasteiger partial charge < -0.3 is 29.9 Å². The average molecular weight is 602 g/mol. The van der Waals surface area contributed by atoms with Gasteiger partial charge in [-0.1, -0.05) is 13.5 Å². The lowest BCUT2D eigenvalue weighted by Crippen LogP contribution is -2.46. The molecule has 2 N–H and O–H groups in total. The monoisotopic (exact) mass is 601 g/mol. The number of pyridine rings is 1. The van der Waals surface area contributed by atoms with Gasteiger partial charge in [0.2, 0.25) is 5.91 Å². The van der Waals surface area contributed by atoms with E-state index in [1.807, 2.05) is 18.2 Å². The first-order valence-corrected chi connectivity index (χ1v) is 14.1. The molecule has 1 amide bonds. The van der Waals surface area contributed by atoms with Crippen LogP contribution in [-0.2, 0) is 4.79 Å². The fraction of sp³-hybridized carbons (Fsp3) is 0.242. The zero-order valence-corrected chi connectivity index (χ0v) is 24.7. The zero-order valence-electron chi connectivity index (χ0n) is 24.7. The molecule has 1 aromatic heterocycles. The Bertz CT molecular complexity index is 1710. The van der Waals surface area contributed by atoms with Gasteiger partial charge in [0.15, 0.2) is 28.9 Å². The number of hydrogen-bond acceptors (Lipinski definition) is 8. The van der Waals surface area contributed by atoms with Crippen molar-refractivity contribution < 1.29 is 27.8 Å². The summed E-state index contributed by atoms with van der Waals surface area (Å²) in [6, 6.07) is 14.9. The summed E-state index contributed by atoms with van der Waals surface area (Å²) in [4.78, 5) is 34.8. The van der Waals surface area contributed by atoms with Crippen LogP contribution in [0.3, 0.4) is 0 Å². The molecule has 0 atom stereocenters. The van der Waals surface area contributed by atoms with Crippen molar-refractivity contribution in [3.05, 3.63) is 90.0 Å². The number of halogens is 2. The standard InChI is InChI=1S/C33H33F2N5O4/c1-5-29(41)38-25-18-22(40-15-13-39(6-2)14-16-40)9-11-24(25)37-28-12-8-20-17-21(7-10-23(20)36-28)33(42)30-31(34)26(43-3)19-27(44-4)32(30)35/h5,7-12,17-19H,1,6,13-16H2,2-4H3,(H,36,37)(H,38,41). The fourth-order valence-electron chi connectivity index (χ4n) is 5.15. The van der Waals surface area contributed by atoms with Crippen molar-refractivity contribution in [2.75, 3.05) is 62.5 Å². The van der Waals surface area contributed by atoms with Crippen molar-refractivity contribution in [1.29, 1.82) is 0 Å². The van der Waals surface area contributed by atoms with Crippen LogP contribution >= 0.6 is 0 Å². The maximum atomic E-state index is 15.0. The second-order valence-corrected chi connectivity index (χ2v) is 10.2. The van der Waals surface area contributed by atoms with Gasteiger partial charge in [0.1, 0.15) is 11.4 Å². The number of benzene rings is 3. The van der Waals surface area contributed by atoms with Crippen LogP contribution in [0.2, 0.25) is 0 Å². The van der Waals surface area contributed by atoms with E-state index in [1.54, 1.807) is 18.2 Å². The molecule has 1 fully saturated rings. The molecule has 11 heteroatoms. The predicted molar refractivity (Wildman–Crippen MR) is 168 cm³/mol. The number of amides is 1. The number of carbonyl (C=O) groups excluding carboxylic acids is 2. The molecule has 2 heterocycles. The van der Waals surface area contributed by atoms with Crippen molar-refractivity contribution in [2.24, 2.45) is 0 Å². The van der Waals surface area contributed by atoms with E-state index in [2.05, 4.69) is 38.9 Å². The number of nitrogens with one attached hydrogen (secondary N) is 2. The number of nitrogens with zero attached hydrogens (tertiary/aromatic N) is 3. The molecule has 44 heavy (non-hydrogen) atoms. The van der Waals surface area contributed by atoms with E-state index in [1.165, 1.54) is 32.4 Å². The minimum absolute atomic E-state index is 0.0675. The molecule has 0 spiro atoms. The van der Waals surface area contributed by atoms with E-state index in [9.17, 15) is 18.4 Å². The first kappa shape index (κ1) is 30.4. The number of ether oxygens (including phenoxy) is 2. The lowest BCUT2D eigenvalue weighted by molar-refractivity contribution is -0.111. The third-order valence-corrected chi connectivity index (χ3v) is 7.65. The fourth-order valence-corrected chi connectivity index (χ4v) is 5.15. The molecular formula is C33H33F2N5O4. The molecule has 0 bridgehead atoms. The van der Waals surface area contributed by atoms with Gasteiger partial charge in [0.25, 0.3) is 0 Å². The van der Waals surface area contributed by atoms with E-state index < -0.39 is 23.0 Å². The van der Waals surface area contributed by atoms with Crippen molar-refractivity contribution in [1.82, 2.24) is 9.88 Å². The number of methoxy groups -OCH3 is 2. The summed E-state index contributed by atoms with van der Waals surface area (Å²) in [5.41, 5.74) is 2.04. The van der Waals surface area contributed by atoms with Gasteiger partial charge in [-0.25, -0.2) is 13.8 Å². The van der Waals surface area contributed by atoms with E-state index in [0.717, 1.165) is 44.5 Å². The van der Waals surface area contributed by atoms with Crippen LogP contribution in [0.5, 0.6) is 11.5 Å². The number of fused-ring (bicyclic) bond motifs is 1. The van der Waals surface area contributed by atoms with Gasteiger partial charge in [-0.2, -0.15) is 0 Å². The average Bonchev–Trinajstić information content (AvgIpc) is 3.05. The van der Waals surface area contributed by atoms with Gasteiger partial charge in [-0.3, -0.25) is 9.59 Å². The van der Waals surface area contributed by atoms with Crippen LogP contribution in [0.25, 0.3) is 10.9 Å². The Hall–Kier alpha value is -5.03. The summed E-state index contributed by atoms with van der Waals surface area (Å²) < 4.78 is 39.8. The van der Waals surface area contributed by atoms with Crippen LogP contribution in [-0.4, -0.2) is 68.5 Å². The lowest BCUT2D eigenvalue weighted by Gasteiger charge is -2.35. The molecule has 1 aliphatic rings. The highest BCUT2D eigenvalue weighted by atomic mass is 19.1. The first-order valence-electron chi connectivity index (χ1n) is 14.1. The summed E-state index contributed by atoms with van der Waals surface area (Å²) in [5.74, 6) is -3.54. The number of aromatic nitrogens is 1. The van der Waals surface area contributed by atoms with Crippen molar-refractivity contribution in [3.8, 4) is 11.5 Å². The lowest BCUT2D eigenvalue weighted by atomic mass is 9.99. The van der Waals surface area contributed by atoms with Crippen LogP contribution in [0.1, 0.15) is 22.8 Å². The SMILES string of the molecule is C=CC(=O)Nc1cc(N2CCN(CC)CC2)ccc1Nc1ccc2cc(C(=O)c3c(F)c(OC)cc(OC)c3F)ccc2n1. The Morgan fingerprint density at radius 1 is 0.932 bits per heavy atom. The minimum Gasteiger partial charge on any atom is -0.494 e. The number of hydrogen-bond donors (Lipinski definition) is 2. The van der Waals surface area contributed by atoms with Gasteiger partial charge in [0, 0.05) is 48.9 Å². The van der Waals surface area contributed by atoms with Gasteiger partial charge >= 0.3 is 0 Å². The molecule has 3 aromatic carbocycles. The summed E-state index contributed by atoms with van der Waals surface area (Å²) in [5, 5.41) is 6.72. The van der Waals surface area contributed by atoms with Crippen LogP contribution in [0.4, 0.5) is 31.7 Å². The highest BCUT2D eigenvalue weighted by Gasteiger charge is 2.26. The topological polar surface area (TPSA) is 96.0 Å².